The van der Waals surface area contributed by atoms with Crippen LogP contribution in [0.3, 0.4) is 0 Å². The Morgan fingerprint density at radius 1 is 1.00 bits per heavy atom. The van der Waals surface area contributed by atoms with Gasteiger partial charge in [-0.15, -0.1) is 0 Å². The average Bonchev–Trinajstić information content (AvgIpc) is 1.69. The first-order valence-electron chi connectivity index (χ1n) is 2.45. The highest BCUT2D eigenvalue weighted by Gasteiger charge is 1.65. The van der Waals surface area contributed by atoms with Crippen LogP contribution in [0.2, 0.25) is 0 Å². The van der Waals surface area contributed by atoms with E-state index in [1.165, 1.54) is 6.42 Å². The van der Waals surface area contributed by atoms with Crippen molar-refractivity contribution in [2.45, 2.75) is 20.3 Å². The fourth-order valence-electron chi connectivity index (χ4n) is 0. The van der Waals surface area contributed by atoms with E-state index in [0.717, 1.165) is 0 Å². The van der Waals surface area contributed by atoms with Gasteiger partial charge in [0.2, 0.25) is 0 Å². The summed E-state index contributed by atoms with van der Waals surface area (Å²) in [5.41, 5.74) is 0. The zero-order valence-electron chi connectivity index (χ0n) is 4.88. The second-order valence-corrected chi connectivity index (χ2v) is 1.09. The first kappa shape index (κ1) is 9.97. The molecule has 0 saturated heterocycles. The molecule has 46 valence electrons. The third-order valence-electron chi connectivity index (χ3n) is 0.0714. The Morgan fingerprint density at radius 2 is 1.14 bits per heavy atom. The molecule has 0 aromatic heterocycles. The fraction of sp³-hybridized carbons (Fsp3) is 1.00. The molecule has 0 bridgehead atoms. The van der Waals surface area contributed by atoms with Crippen molar-refractivity contribution in [1.82, 2.24) is 0 Å². The molecule has 0 aromatic carbocycles. The minimum atomic E-state index is -0.847. The van der Waals surface area contributed by atoms with Crippen LogP contribution < -0.4 is 0 Å². The minimum absolute atomic E-state index is 0.847. The molecule has 0 radical (unpaired) electrons. The van der Waals surface area contributed by atoms with E-state index in [1.54, 1.807) is 0 Å². The molecule has 0 saturated carbocycles. The molecule has 0 unspecified atom stereocenters. The Labute approximate surface area is 43.5 Å². The van der Waals surface area contributed by atoms with Gasteiger partial charge in [-0.1, -0.05) is 20.3 Å². The van der Waals surface area contributed by atoms with Crippen molar-refractivity contribution >= 4 is 0 Å². The molecule has 0 aliphatic carbocycles. The molecule has 0 atom stereocenters. The van der Waals surface area contributed by atoms with E-state index in [4.69, 9.17) is 0 Å². The zero-order chi connectivity index (χ0) is 6.12. The molecule has 2 heteroatoms. The molecule has 0 aliphatic heterocycles. The summed E-state index contributed by atoms with van der Waals surface area (Å²) < 4.78 is 20.7. The molecule has 0 aromatic rings. The molecular weight excluding hydrogens is 98.1 g/mol. The van der Waals surface area contributed by atoms with Crippen molar-refractivity contribution in [3.63, 3.8) is 0 Å². The van der Waals surface area contributed by atoms with E-state index in [2.05, 4.69) is 13.8 Å². The molecule has 0 spiro atoms. The van der Waals surface area contributed by atoms with Gasteiger partial charge in [0.25, 0.3) is 0 Å². The number of halogens is 2. The lowest BCUT2D eigenvalue weighted by Gasteiger charge is -1.61. The van der Waals surface area contributed by atoms with E-state index in [0.29, 0.717) is 0 Å². The van der Waals surface area contributed by atoms with Gasteiger partial charge >= 0.3 is 0 Å². The molecule has 0 fully saturated rings. The van der Waals surface area contributed by atoms with Crippen molar-refractivity contribution in [2.75, 3.05) is 13.3 Å². The normalized spacial score (nSPS) is 6.86. The summed E-state index contributed by atoms with van der Waals surface area (Å²) >= 11 is 0. The first-order valence-corrected chi connectivity index (χ1v) is 2.45. The third kappa shape index (κ3) is 118. The Hall–Kier alpha value is -0.140. The average molecular weight is 110 g/mol. The Balaban J connectivity index is 0. The summed E-state index contributed by atoms with van der Waals surface area (Å²) in [6, 6.07) is 0. The topological polar surface area (TPSA) is 0 Å². The highest BCUT2D eigenvalue weighted by atomic mass is 19.2. The van der Waals surface area contributed by atoms with Gasteiger partial charge in [0.1, 0.15) is 13.3 Å². The lowest BCUT2D eigenvalue weighted by Crippen LogP contribution is -1.68. The van der Waals surface area contributed by atoms with E-state index in [1.807, 2.05) is 0 Å². The van der Waals surface area contributed by atoms with Gasteiger partial charge in [-0.25, -0.2) is 8.78 Å². The van der Waals surface area contributed by atoms with Crippen molar-refractivity contribution in [1.29, 1.82) is 0 Å². The van der Waals surface area contributed by atoms with E-state index in [-0.39, 0.29) is 0 Å². The zero-order valence-corrected chi connectivity index (χ0v) is 4.88. The summed E-state index contributed by atoms with van der Waals surface area (Å²) in [4.78, 5) is 0. The van der Waals surface area contributed by atoms with Gasteiger partial charge < -0.3 is 0 Å². The number of rotatable bonds is 1. The summed E-state index contributed by atoms with van der Waals surface area (Å²) in [5.74, 6) is 0. The predicted octanol–water partition coefficient (Wildman–Crippen LogP) is 2.34. The van der Waals surface area contributed by atoms with E-state index < -0.39 is 13.3 Å². The van der Waals surface area contributed by atoms with Crippen molar-refractivity contribution in [3.05, 3.63) is 0 Å². The van der Waals surface area contributed by atoms with Crippen LogP contribution in [0.1, 0.15) is 20.3 Å². The summed E-state index contributed by atoms with van der Waals surface area (Å²) in [6.07, 6.45) is 1.25. The second-order valence-electron chi connectivity index (χ2n) is 1.09. The van der Waals surface area contributed by atoms with Gasteiger partial charge in [-0.3, -0.25) is 0 Å². The second kappa shape index (κ2) is 16.9. The molecular formula is C5H12F2. The van der Waals surface area contributed by atoms with Gasteiger partial charge in [0, 0.05) is 0 Å². The van der Waals surface area contributed by atoms with Crippen molar-refractivity contribution < 1.29 is 8.78 Å². The smallest absolute Gasteiger partial charge is 0.118 e. The van der Waals surface area contributed by atoms with Crippen LogP contribution in [0.5, 0.6) is 0 Å². The number of hydrogen-bond acceptors (Lipinski definition) is 0. The first-order chi connectivity index (χ1) is 3.33. The molecule has 0 N–H and O–H groups in total. The summed E-state index contributed by atoms with van der Waals surface area (Å²) in [5, 5.41) is 0. The van der Waals surface area contributed by atoms with Gasteiger partial charge in [-0.2, -0.15) is 0 Å². The highest BCUT2D eigenvalue weighted by molar-refractivity contribution is 4.09. The van der Waals surface area contributed by atoms with Gasteiger partial charge in [0.15, 0.2) is 0 Å². The molecule has 0 rings (SSSR count). The molecule has 0 aliphatic rings. The maximum Gasteiger partial charge on any atom is 0.118 e. The van der Waals surface area contributed by atoms with Crippen LogP contribution in [-0.2, 0) is 0 Å². The third-order valence-corrected chi connectivity index (χ3v) is 0.0714. The monoisotopic (exact) mass is 110 g/mol. The maximum absolute atomic E-state index is 10.3. The fourth-order valence-corrected chi connectivity index (χ4v) is 0. The van der Waals surface area contributed by atoms with Crippen molar-refractivity contribution in [3.8, 4) is 0 Å². The van der Waals surface area contributed by atoms with Crippen LogP contribution in [0.15, 0.2) is 0 Å². The quantitative estimate of drug-likeness (QED) is 0.486. The van der Waals surface area contributed by atoms with Crippen LogP contribution >= 0.6 is 0 Å². The maximum atomic E-state index is 10.3. The Kier molecular flexibility index (Phi) is 24.1. The SMILES string of the molecule is CCC.FCCF. The van der Waals surface area contributed by atoms with Crippen LogP contribution in [-0.4, -0.2) is 13.3 Å². The van der Waals surface area contributed by atoms with E-state index >= 15 is 0 Å². The Morgan fingerprint density at radius 3 is 1.14 bits per heavy atom. The van der Waals surface area contributed by atoms with Crippen molar-refractivity contribution in [2.24, 2.45) is 0 Å². The summed E-state index contributed by atoms with van der Waals surface area (Å²) in [7, 11) is 0. The van der Waals surface area contributed by atoms with Crippen LogP contribution in [0, 0.1) is 0 Å². The highest BCUT2D eigenvalue weighted by Crippen LogP contribution is 1.63. The van der Waals surface area contributed by atoms with Gasteiger partial charge in [-0.05, 0) is 0 Å². The minimum Gasteiger partial charge on any atom is -0.248 e. The molecule has 7 heavy (non-hydrogen) atoms. The molecule has 0 amide bonds. The van der Waals surface area contributed by atoms with E-state index in [9.17, 15) is 8.78 Å². The summed E-state index contributed by atoms with van der Waals surface area (Å²) in [6.45, 7) is 2.56. The van der Waals surface area contributed by atoms with Crippen LogP contribution in [0.25, 0.3) is 0 Å². The van der Waals surface area contributed by atoms with Gasteiger partial charge in [0.05, 0.1) is 0 Å². The van der Waals surface area contributed by atoms with Crippen LogP contribution in [0.4, 0.5) is 8.78 Å². The Bertz CT molecular complexity index is 13.6. The predicted molar refractivity (Wildman–Crippen MR) is 27.9 cm³/mol. The number of hydrogen-bond donors (Lipinski definition) is 0. The lowest BCUT2D eigenvalue weighted by molar-refractivity contribution is 0.380. The molecule has 0 heterocycles. The number of alkyl halides is 2. The lowest BCUT2D eigenvalue weighted by atomic mass is 10.6. The largest absolute Gasteiger partial charge is 0.248 e. The molecule has 0 nitrogen and oxygen atoms in total. The standard InChI is InChI=1S/C3H8.C2H4F2/c1-3-2;3-1-2-4/h3H2,1-2H3;1-2H2.